The third-order valence-corrected chi connectivity index (χ3v) is 5.75. The van der Waals surface area contributed by atoms with Crippen LogP contribution in [-0.2, 0) is 22.6 Å². The van der Waals surface area contributed by atoms with Crippen LogP contribution in [0.2, 0.25) is 0 Å². The van der Waals surface area contributed by atoms with Gasteiger partial charge in [0, 0.05) is 24.0 Å². The Bertz CT molecular complexity index is 872. The molecule has 1 aliphatic rings. The molecular formula is C24H32O6S. The van der Waals surface area contributed by atoms with E-state index in [1.165, 1.54) is 0 Å². The average molecular weight is 449 g/mol. The topological polar surface area (TPSA) is 82.1 Å². The smallest absolute Gasteiger partial charge is 0.342 e. The third kappa shape index (κ3) is 6.53. The highest BCUT2D eigenvalue weighted by Crippen LogP contribution is 2.43. The summed E-state index contributed by atoms with van der Waals surface area (Å²) in [4.78, 5) is 23.4. The zero-order chi connectivity index (χ0) is 23.0. The van der Waals surface area contributed by atoms with Crippen molar-refractivity contribution in [2.75, 3.05) is 7.11 Å². The maximum Gasteiger partial charge on any atom is 0.342 e. The predicted octanol–water partition coefficient (Wildman–Crippen LogP) is 5.70. The number of fused-ring (bicyclic) bond motifs is 1. The lowest BCUT2D eigenvalue weighted by Gasteiger charge is -2.19. The molecule has 0 aromatic heterocycles. The molecule has 0 spiro atoms. The Balaban J connectivity index is 2.39. The Hall–Kier alpha value is -2.41. The second-order valence-electron chi connectivity index (χ2n) is 7.83. The first-order valence-corrected chi connectivity index (χ1v) is 11.2. The molecule has 0 amide bonds. The number of hydrogen-bond donors (Lipinski definition) is 1. The first kappa shape index (κ1) is 24.9. The Morgan fingerprint density at radius 3 is 2.58 bits per heavy atom. The van der Waals surface area contributed by atoms with Gasteiger partial charge in [0.05, 0.1) is 7.11 Å². The summed E-state index contributed by atoms with van der Waals surface area (Å²) < 4.78 is 17.1. The molecule has 1 aromatic carbocycles. The van der Waals surface area contributed by atoms with E-state index >= 15 is 0 Å². The summed E-state index contributed by atoms with van der Waals surface area (Å²) in [7, 11) is 1.59. The largest absolute Gasteiger partial charge is 0.496 e. The van der Waals surface area contributed by atoms with Crippen molar-refractivity contribution in [1.82, 2.24) is 0 Å². The second-order valence-corrected chi connectivity index (χ2v) is 8.28. The molecule has 2 rings (SSSR count). The standard InChI is InChI=1S/C24H32O6S/c1-5-6-7-8-9-20(31)30-23-17(12-10-15(2)11-13-19(25)26)22(28-4)16(3)18-14-29-24(27)21(18)23/h10H,5-9,11-14H2,1-4H3,(H,25,26)/b15-10+. The molecule has 0 aliphatic carbocycles. The number of carboxylic acid groups (broad SMARTS) is 1. The lowest BCUT2D eigenvalue weighted by atomic mass is 9.94. The molecule has 1 aromatic rings. The van der Waals surface area contributed by atoms with Crippen LogP contribution in [0.25, 0.3) is 0 Å². The Kier molecular flexibility index (Phi) is 9.49. The molecule has 0 saturated carbocycles. The number of carbonyl (C=O) groups is 2. The molecule has 31 heavy (non-hydrogen) atoms. The van der Waals surface area contributed by atoms with E-state index in [1.807, 2.05) is 19.9 Å². The first-order chi connectivity index (χ1) is 14.8. The summed E-state index contributed by atoms with van der Waals surface area (Å²) in [6, 6.07) is 0. The van der Waals surface area contributed by atoms with E-state index in [2.05, 4.69) is 6.92 Å². The minimum Gasteiger partial charge on any atom is -0.496 e. The monoisotopic (exact) mass is 448 g/mol. The van der Waals surface area contributed by atoms with Gasteiger partial charge in [-0.25, -0.2) is 4.79 Å². The van der Waals surface area contributed by atoms with E-state index in [1.54, 1.807) is 7.11 Å². The molecule has 1 N–H and O–H groups in total. The number of unbranched alkanes of at least 4 members (excludes halogenated alkanes) is 3. The van der Waals surface area contributed by atoms with Crippen molar-refractivity contribution in [3.05, 3.63) is 33.9 Å². The van der Waals surface area contributed by atoms with Gasteiger partial charge in [-0.2, -0.15) is 0 Å². The minimum atomic E-state index is -0.834. The number of carbonyl (C=O) groups excluding carboxylic acids is 1. The van der Waals surface area contributed by atoms with E-state index in [0.717, 1.165) is 47.9 Å². The maximum atomic E-state index is 12.5. The van der Waals surface area contributed by atoms with Crippen molar-refractivity contribution >= 4 is 29.2 Å². The van der Waals surface area contributed by atoms with E-state index in [9.17, 15) is 9.59 Å². The quantitative estimate of drug-likeness (QED) is 0.190. The number of carboxylic acids is 1. The van der Waals surface area contributed by atoms with E-state index in [0.29, 0.717) is 41.4 Å². The van der Waals surface area contributed by atoms with Crippen LogP contribution in [-0.4, -0.2) is 29.2 Å². The molecule has 170 valence electrons. The van der Waals surface area contributed by atoms with Gasteiger partial charge in [0.25, 0.3) is 0 Å². The molecule has 0 unspecified atom stereocenters. The molecule has 7 heteroatoms. The highest BCUT2D eigenvalue weighted by Gasteiger charge is 2.33. The lowest BCUT2D eigenvalue weighted by molar-refractivity contribution is -0.136. The van der Waals surface area contributed by atoms with Crippen LogP contribution in [0, 0.1) is 6.92 Å². The minimum absolute atomic E-state index is 0.0697. The van der Waals surface area contributed by atoms with E-state index in [4.69, 9.17) is 31.5 Å². The number of rotatable bonds is 12. The number of ether oxygens (including phenoxy) is 3. The van der Waals surface area contributed by atoms with Crippen LogP contribution >= 0.6 is 12.2 Å². The number of allylic oxidation sites excluding steroid dienone is 2. The highest BCUT2D eigenvalue weighted by molar-refractivity contribution is 7.80. The molecule has 0 bridgehead atoms. The van der Waals surface area contributed by atoms with Crippen LogP contribution in [0.4, 0.5) is 0 Å². The molecule has 0 fully saturated rings. The van der Waals surface area contributed by atoms with Gasteiger partial charge in [0.15, 0.2) is 5.05 Å². The summed E-state index contributed by atoms with van der Waals surface area (Å²) in [5.41, 5.74) is 3.69. The van der Waals surface area contributed by atoms with Gasteiger partial charge in [-0.15, -0.1) is 0 Å². The van der Waals surface area contributed by atoms with Crippen molar-refractivity contribution < 1.29 is 28.9 Å². The van der Waals surface area contributed by atoms with Crippen molar-refractivity contribution in [1.29, 1.82) is 0 Å². The summed E-state index contributed by atoms with van der Waals surface area (Å²) in [5, 5.41) is 9.36. The van der Waals surface area contributed by atoms with Gasteiger partial charge >= 0.3 is 11.9 Å². The Morgan fingerprint density at radius 1 is 1.19 bits per heavy atom. The number of hydrogen-bond acceptors (Lipinski definition) is 6. The van der Waals surface area contributed by atoms with Crippen molar-refractivity contribution in [3.63, 3.8) is 0 Å². The number of methoxy groups -OCH3 is 1. The van der Waals surface area contributed by atoms with Crippen LogP contribution < -0.4 is 9.47 Å². The zero-order valence-corrected chi connectivity index (χ0v) is 19.7. The lowest BCUT2D eigenvalue weighted by Crippen LogP contribution is -2.13. The first-order valence-electron chi connectivity index (χ1n) is 10.8. The van der Waals surface area contributed by atoms with Gasteiger partial charge in [-0.3, -0.25) is 4.79 Å². The van der Waals surface area contributed by atoms with Crippen LogP contribution in [0.3, 0.4) is 0 Å². The fourth-order valence-corrected chi connectivity index (χ4v) is 3.89. The Labute approximate surface area is 189 Å². The fraction of sp³-hybridized carbons (Fsp3) is 0.542. The number of cyclic esters (lactones) is 1. The average Bonchev–Trinajstić information content (AvgIpc) is 3.12. The third-order valence-electron chi connectivity index (χ3n) is 5.46. The number of aliphatic carboxylic acids is 1. The van der Waals surface area contributed by atoms with E-state index < -0.39 is 11.9 Å². The van der Waals surface area contributed by atoms with Crippen LogP contribution in [0.1, 0.15) is 85.8 Å². The SMILES string of the molecule is CCCCCCC(=S)Oc1c(C/C=C(\C)CCC(=O)O)c(OC)c(C)c2c1C(=O)OC2. The maximum absolute atomic E-state index is 12.5. The Morgan fingerprint density at radius 2 is 1.94 bits per heavy atom. The molecule has 0 atom stereocenters. The summed E-state index contributed by atoms with van der Waals surface area (Å²) in [6.45, 7) is 6.13. The second kappa shape index (κ2) is 11.8. The van der Waals surface area contributed by atoms with Gasteiger partial charge in [0.1, 0.15) is 23.7 Å². The van der Waals surface area contributed by atoms with Crippen molar-refractivity contribution in [2.45, 2.75) is 78.7 Å². The van der Waals surface area contributed by atoms with Gasteiger partial charge in [-0.1, -0.05) is 37.8 Å². The van der Waals surface area contributed by atoms with Gasteiger partial charge < -0.3 is 19.3 Å². The molecule has 0 saturated heterocycles. The number of benzene rings is 1. The molecule has 6 nitrogen and oxygen atoms in total. The number of esters is 1. The zero-order valence-electron chi connectivity index (χ0n) is 18.8. The summed E-state index contributed by atoms with van der Waals surface area (Å²) >= 11 is 5.48. The van der Waals surface area contributed by atoms with Crippen LogP contribution in [0.5, 0.6) is 11.5 Å². The van der Waals surface area contributed by atoms with Gasteiger partial charge in [-0.05, 0) is 50.9 Å². The molecular weight excluding hydrogens is 416 g/mol. The normalized spacial score (nSPS) is 13.0. The molecule has 1 heterocycles. The number of thiocarbonyl (C=S) groups is 1. The van der Waals surface area contributed by atoms with E-state index in [-0.39, 0.29) is 13.0 Å². The predicted molar refractivity (Wildman–Crippen MR) is 123 cm³/mol. The van der Waals surface area contributed by atoms with Crippen molar-refractivity contribution in [2.24, 2.45) is 0 Å². The molecule has 1 aliphatic heterocycles. The van der Waals surface area contributed by atoms with Crippen molar-refractivity contribution in [3.8, 4) is 11.5 Å². The highest BCUT2D eigenvalue weighted by atomic mass is 32.1. The fourth-order valence-electron chi connectivity index (χ4n) is 3.67. The molecule has 0 radical (unpaired) electrons. The van der Waals surface area contributed by atoms with Gasteiger partial charge in [0.2, 0.25) is 0 Å². The summed E-state index contributed by atoms with van der Waals surface area (Å²) in [5.74, 6) is -0.206. The van der Waals surface area contributed by atoms with Crippen LogP contribution in [0.15, 0.2) is 11.6 Å². The summed E-state index contributed by atoms with van der Waals surface area (Å²) in [6.07, 6.45) is 7.85.